The average molecular weight is 2090 g/mol. The normalized spacial score (nSPS) is 12.7. The van der Waals surface area contributed by atoms with Crippen molar-refractivity contribution >= 4 is 27.2 Å². The summed E-state index contributed by atoms with van der Waals surface area (Å²) in [5.41, 5.74) is 6.77. The zero-order chi connectivity index (χ0) is 113. The number of hydrogen-bond acceptors (Lipinski definition) is 29. The van der Waals surface area contributed by atoms with Crippen molar-refractivity contribution < 1.29 is 137 Å². The Bertz CT molecular complexity index is 3460. The number of carbonyl (C=O) groups is 4. The molecule has 1 aliphatic rings. The van der Waals surface area contributed by atoms with Gasteiger partial charge in [-0.15, -0.1) is 0 Å². The minimum Gasteiger partial charge on any atom is -0.491 e. The molecule has 147 heavy (non-hydrogen) atoms. The molecule has 0 spiro atoms. The van der Waals surface area contributed by atoms with E-state index in [0.717, 1.165) is 97.2 Å². The van der Waals surface area contributed by atoms with E-state index in [1.54, 1.807) is 12.5 Å². The molecule has 0 N–H and O–H groups in total. The standard InChI is InChI=1S/C24H34O3.C20H34O5.C15H24O3.C13H22O4.C12H26O4.C12H24O2.C10H22O2.C8H18O2.4CH2O/c1-18(2)25-15-16-26-23-13-11-22(12-14-23)24(5,6)21-9-7-20(8-10-21)17-27-19(3)4;1-15(2)21-7-9-23-19-11-18(14-25-17(5)6)12-20(13-19)24-10-8-22-16(3)4;1-12(2)16-8-9-17-15-7-5-6-14(10-15)11-18-13(3)4;1-10(2)15-5-6-16-13-9-14-7-12(13)8-17-11(3)4;1-11(2)15-9-7-13-5-6-14-8-10-16-12(3)4;1-9(2)13-11-5-7-12(8-6-11)14-10(3)4;1-9(2)11-7-5-6-8-12-10(3)4;1-7(2)9-5-6-10-8(3)4;4*1-2/h7-14,18-19H,15-17H2,1-6H3;11-13,15-17H,7-10,14H2,1-6H3;5-7,10,12-13H,8-9,11H2,1-4H3;7,9-11H,5-6,8H2,1-4H3;11-12H,5-10H2,1-4H3;9-12H,5-8H2,1-4H3;9-10H,5-8H2,1-4H3;7-8H,5-6H2,1-4H3;4*1H2. The van der Waals surface area contributed by atoms with Gasteiger partial charge in [-0.3, -0.25) is 0 Å². The maximum Gasteiger partial charge on any atom is 0.163 e. The number of ether oxygens (including phenoxy) is 24. The third-order valence-electron chi connectivity index (χ3n) is 18.8. The van der Waals surface area contributed by atoms with Crippen LogP contribution in [0.15, 0.2) is 108 Å². The smallest absolute Gasteiger partial charge is 0.163 e. The van der Waals surface area contributed by atoms with Crippen LogP contribution in [0.25, 0.3) is 0 Å². The second kappa shape index (κ2) is 102. The summed E-state index contributed by atoms with van der Waals surface area (Å²) < 4.78 is 138. The third-order valence-corrected chi connectivity index (χ3v) is 18.8. The highest BCUT2D eigenvalue weighted by Gasteiger charge is 2.25. The van der Waals surface area contributed by atoms with Crippen molar-refractivity contribution in [3.05, 3.63) is 137 Å². The Hall–Kier alpha value is -6.92. The minimum absolute atomic E-state index is 0.0727. The second-order valence-corrected chi connectivity index (χ2v) is 39.1. The fraction of sp³-hybridized carbons (Fsp3) is 0.729. The van der Waals surface area contributed by atoms with E-state index in [1.165, 1.54) is 16.7 Å². The zero-order valence-corrected chi connectivity index (χ0v) is 98.7. The highest BCUT2D eigenvalue weighted by atomic mass is 16.6. The van der Waals surface area contributed by atoms with Gasteiger partial charge < -0.3 is 137 Å². The Morgan fingerprint density at radius 1 is 0.245 bits per heavy atom. The van der Waals surface area contributed by atoms with E-state index in [4.69, 9.17) is 137 Å². The van der Waals surface area contributed by atoms with Crippen molar-refractivity contribution in [3.8, 4) is 28.7 Å². The molecule has 858 valence electrons. The van der Waals surface area contributed by atoms with Crippen LogP contribution in [0, 0.1) is 0 Å². The molecule has 29 heteroatoms. The molecular weight excluding hydrogens is 1880 g/mol. The van der Waals surface area contributed by atoms with E-state index in [-0.39, 0.29) is 72.6 Å². The first kappa shape index (κ1) is 151. The van der Waals surface area contributed by atoms with Crippen molar-refractivity contribution in [2.75, 3.05) is 132 Å². The summed E-state index contributed by atoms with van der Waals surface area (Å²) >= 11 is 0. The van der Waals surface area contributed by atoms with Crippen molar-refractivity contribution in [2.24, 2.45) is 0 Å². The molecule has 0 bridgehead atoms. The monoisotopic (exact) mass is 2090 g/mol. The van der Waals surface area contributed by atoms with Crippen LogP contribution in [0.3, 0.4) is 0 Å². The number of carbonyl (C=O) groups excluding carboxylic acids is 4. The number of rotatable bonds is 66. The van der Waals surface area contributed by atoms with Crippen molar-refractivity contribution in [1.82, 2.24) is 0 Å². The quantitative estimate of drug-likeness (QED) is 0.0327. The summed E-state index contributed by atoms with van der Waals surface area (Å²) in [5, 5.41) is 0. The molecule has 0 radical (unpaired) electrons. The predicted molar refractivity (Wildman–Crippen MR) is 594 cm³/mol. The van der Waals surface area contributed by atoms with Gasteiger partial charge in [0, 0.05) is 24.7 Å². The largest absolute Gasteiger partial charge is 0.491 e. The fourth-order valence-electron chi connectivity index (χ4n) is 12.0. The summed E-state index contributed by atoms with van der Waals surface area (Å²) in [6.45, 7) is 96.5. The van der Waals surface area contributed by atoms with E-state index in [0.29, 0.717) is 194 Å². The van der Waals surface area contributed by atoms with Gasteiger partial charge in [0.05, 0.1) is 240 Å². The number of hydrogen-bond donors (Lipinski definition) is 0. The highest BCUT2D eigenvalue weighted by Crippen LogP contribution is 2.34. The number of unbranched alkanes of at least 4 members (excludes halogenated alkanes) is 1. The minimum atomic E-state index is -0.0727. The Kier molecular flexibility index (Phi) is 105. The Labute approximate surface area is 893 Å². The van der Waals surface area contributed by atoms with Gasteiger partial charge in [0.25, 0.3) is 0 Å². The van der Waals surface area contributed by atoms with Crippen LogP contribution in [0.4, 0.5) is 0 Å². The SMILES string of the molecule is C=O.C=O.C=O.C=O.CC(C)OC1CCC(OC(C)C)CC1.CC(C)OCCCCOC(C)C.CC(C)OCCOC(C)C.CC(C)OCCOCCOCCOC(C)C.CC(C)OCCOc1cc(COC(C)C)cc(OCCOC(C)C)c1.CC(C)OCCOc1ccc(C(C)(C)c2ccc(COC(C)C)cc2)cc1.CC(C)OCCOc1cccc(COC(C)C)c1.CC(C)OCCOc1cocc1COC(C)C. The molecule has 0 unspecified atom stereocenters. The fourth-order valence-corrected chi connectivity index (χ4v) is 12.0. The van der Waals surface area contributed by atoms with E-state index in [1.807, 2.05) is 248 Å². The maximum atomic E-state index is 8.00. The summed E-state index contributed by atoms with van der Waals surface area (Å²) in [5.74, 6) is 4.00. The predicted octanol–water partition coefficient (Wildman–Crippen LogP) is 25.1. The van der Waals surface area contributed by atoms with Crippen molar-refractivity contribution in [1.29, 1.82) is 0 Å². The molecule has 29 nitrogen and oxygen atoms in total. The molecular formula is C118H212O29. The second-order valence-electron chi connectivity index (χ2n) is 39.1. The van der Waals surface area contributed by atoms with E-state index in [9.17, 15) is 0 Å². The van der Waals surface area contributed by atoms with Gasteiger partial charge in [-0.25, -0.2) is 0 Å². The molecule has 1 fully saturated rings. The highest BCUT2D eigenvalue weighted by molar-refractivity contribution is 5.41. The Morgan fingerprint density at radius 3 is 0.830 bits per heavy atom. The summed E-state index contributed by atoms with van der Waals surface area (Å²) in [6, 6.07) is 30.9. The van der Waals surface area contributed by atoms with Gasteiger partial charge in [-0.1, -0.05) is 62.4 Å². The van der Waals surface area contributed by atoms with E-state index >= 15 is 0 Å². The van der Waals surface area contributed by atoms with Gasteiger partial charge in [0.1, 0.15) is 89.5 Å². The molecule has 0 amide bonds. The van der Waals surface area contributed by atoms with Gasteiger partial charge in [-0.2, -0.15) is 0 Å². The molecule has 4 aromatic carbocycles. The Balaban J connectivity index is -0.000000389. The van der Waals surface area contributed by atoms with Gasteiger partial charge in [0.2, 0.25) is 0 Å². The molecule has 6 rings (SSSR count). The topological polar surface area (TPSA) is 303 Å². The van der Waals surface area contributed by atoms with Crippen LogP contribution >= 0.6 is 0 Å². The number of benzene rings is 4. The average Bonchev–Trinajstić information content (AvgIpc) is 1.10. The molecule has 5 aromatic rings. The third kappa shape index (κ3) is 103. The van der Waals surface area contributed by atoms with E-state index in [2.05, 4.69) is 119 Å². The van der Waals surface area contributed by atoms with Crippen LogP contribution in [0.2, 0.25) is 0 Å². The molecule has 1 saturated carbocycles. The van der Waals surface area contributed by atoms with Gasteiger partial charge in [0.15, 0.2) is 5.75 Å². The molecule has 1 aromatic heterocycles. The Morgan fingerprint density at radius 2 is 0.503 bits per heavy atom. The maximum absolute atomic E-state index is 8.00. The molecule has 0 saturated heterocycles. The lowest BCUT2D eigenvalue weighted by Gasteiger charge is -2.30. The molecule has 0 atom stereocenters. The van der Waals surface area contributed by atoms with Crippen LogP contribution in [0.1, 0.15) is 321 Å². The molecule has 1 heterocycles. The molecule has 1 aliphatic carbocycles. The first-order valence-corrected chi connectivity index (χ1v) is 53.3. The van der Waals surface area contributed by atoms with E-state index < -0.39 is 0 Å². The van der Waals surface area contributed by atoms with Crippen LogP contribution in [-0.2, 0) is 141 Å². The first-order valence-electron chi connectivity index (χ1n) is 53.3. The van der Waals surface area contributed by atoms with Gasteiger partial charge >= 0.3 is 0 Å². The lowest BCUT2D eigenvalue weighted by atomic mass is 9.78. The van der Waals surface area contributed by atoms with Crippen molar-refractivity contribution in [2.45, 2.75) is 436 Å². The van der Waals surface area contributed by atoms with Crippen molar-refractivity contribution in [3.63, 3.8) is 0 Å². The van der Waals surface area contributed by atoms with Gasteiger partial charge in [-0.05, 0) is 338 Å². The number of furan rings is 1. The molecule has 0 aliphatic heterocycles. The van der Waals surface area contributed by atoms with Crippen LogP contribution in [0.5, 0.6) is 28.7 Å². The van der Waals surface area contributed by atoms with Crippen LogP contribution in [-0.4, -0.2) is 275 Å². The lowest BCUT2D eigenvalue weighted by molar-refractivity contribution is -0.0987. The zero-order valence-electron chi connectivity index (χ0n) is 98.7. The lowest BCUT2D eigenvalue weighted by Crippen LogP contribution is -2.29. The first-order chi connectivity index (χ1) is 69.8. The van der Waals surface area contributed by atoms with Crippen LogP contribution < -0.4 is 23.7 Å². The summed E-state index contributed by atoms with van der Waals surface area (Å²) in [6.07, 6.45) is 15.6. The summed E-state index contributed by atoms with van der Waals surface area (Å²) in [7, 11) is 0. The summed E-state index contributed by atoms with van der Waals surface area (Å²) in [4.78, 5) is 32.0.